The molecule has 12 nitrogen and oxygen atoms in total. The van der Waals surface area contributed by atoms with Crippen molar-refractivity contribution in [3.8, 4) is 69.0 Å². The first-order valence-electron chi connectivity index (χ1n) is 21.8. The van der Waals surface area contributed by atoms with Gasteiger partial charge in [-0.15, -0.1) is 0 Å². The van der Waals surface area contributed by atoms with Crippen LogP contribution in [0.15, 0.2) is 146 Å². The molecule has 0 spiro atoms. The van der Waals surface area contributed by atoms with Crippen molar-refractivity contribution in [2.45, 2.75) is 35.9 Å². The lowest BCUT2D eigenvalue weighted by molar-refractivity contribution is 0.221. The molecule has 0 aromatic heterocycles. The average molecular weight is 907 g/mol. The summed E-state index contributed by atoms with van der Waals surface area (Å²) < 4.78 is 13.2. The van der Waals surface area contributed by atoms with Crippen LogP contribution in [0, 0.1) is 0 Å². The lowest BCUT2D eigenvalue weighted by Crippen LogP contribution is -2.16. The molecule has 8 aromatic rings. The largest absolute Gasteiger partial charge is 0.508 e. The Hall–Kier alpha value is -8.90. The molecule has 0 bridgehead atoms. The molecule has 11 rings (SSSR count). The second-order valence-electron chi connectivity index (χ2n) is 17.6. The number of benzene rings is 8. The highest BCUT2D eigenvalue weighted by atomic mass is 16.5. The molecule has 0 saturated carbocycles. The van der Waals surface area contributed by atoms with Gasteiger partial charge in [-0.3, -0.25) is 0 Å². The zero-order valence-electron chi connectivity index (χ0n) is 35.8. The molecule has 6 atom stereocenters. The highest BCUT2D eigenvalue weighted by molar-refractivity contribution is 5.77. The normalized spacial score (nSPS) is 19.9. The van der Waals surface area contributed by atoms with Crippen LogP contribution in [0.1, 0.15) is 103 Å². The number of fused-ring (bicyclic) bond motifs is 3. The summed E-state index contributed by atoms with van der Waals surface area (Å²) in [5, 5.41) is 110. The molecule has 0 fully saturated rings. The fourth-order valence-electron chi connectivity index (χ4n) is 10.6. The van der Waals surface area contributed by atoms with E-state index in [0.717, 1.165) is 0 Å². The molecule has 0 radical (unpaired) electrons. The van der Waals surface area contributed by atoms with E-state index in [4.69, 9.17) is 9.47 Å². The van der Waals surface area contributed by atoms with Crippen LogP contribution in [0.5, 0.6) is 69.0 Å². The molecule has 3 aliphatic rings. The average Bonchev–Trinajstić information content (AvgIpc) is 3.84. The number of phenolic OH excluding ortho intramolecular Hbond substituents is 10. The van der Waals surface area contributed by atoms with Gasteiger partial charge in [0.2, 0.25) is 0 Å². The Morgan fingerprint density at radius 3 is 1.41 bits per heavy atom. The van der Waals surface area contributed by atoms with Crippen molar-refractivity contribution in [1.82, 2.24) is 0 Å². The number of hydrogen-bond acceptors (Lipinski definition) is 12. The van der Waals surface area contributed by atoms with E-state index in [2.05, 4.69) is 0 Å². The fraction of sp³-hybridized carbons (Fsp3) is 0.107. The van der Waals surface area contributed by atoms with Crippen LogP contribution < -0.4 is 9.47 Å². The number of ether oxygens (including phenoxy) is 2. The van der Waals surface area contributed by atoms with Gasteiger partial charge in [0.15, 0.2) is 0 Å². The van der Waals surface area contributed by atoms with Crippen LogP contribution in [-0.2, 0) is 0 Å². The van der Waals surface area contributed by atoms with E-state index in [-0.39, 0.29) is 57.5 Å². The van der Waals surface area contributed by atoms with Crippen LogP contribution in [0.4, 0.5) is 0 Å². The third-order valence-electron chi connectivity index (χ3n) is 13.4. The van der Waals surface area contributed by atoms with E-state index in [1.807, 2.05) is 0 Å². The van der Waals surface area contributed by atoms with Gasteiger partial charge in [-0.2, -0.15) is 0 Å². The summed E-state index contributed by atoms with van der Waals surface area (Å²) in [5.74, 6) is -3.17. The fourth-order valence-corrected chi connectivity index (χ4v) is 10.6. The maximum atomic E-state index is 12.1. The summed E-state index contributed by atoms with van der Waals surface area (Å²) in [7, 11) is 0. The summed E-state index contributed by atoms with van der Waals surface area (Å²) in [6.45, 7) is 0. The Balaban J connectivity index is 1.10. The molecule has 12 heteroatoms. The zero-order chi connectivity index (χ0) is 47.1. The van der Waals surface area contributed by atoms with Crippen LogP contribution >= 0.6 is 0 Å². The van der Waals surface area contributed by atoms with Gasteiger partial charge in [0.1, 0.15) is 81.2 Å². The molecule has 0 amide bonds. The molecule has 0 saturated heterocycles. The van der Waals surface area contributed by atoms with E-state index >= 15 is 0 Å². The number of rotatable bonds is 7. The summed E-state index contributed by atoms with van der Waals surface area (Å²) in [6, 6.07) is 38.0. The Kier molecular flexibility index (Phi) is 9.78. The second kappa shape index (κ2) is 15.9. The van der Waals surface area contributed by atoms with Crippen LogP contribution in [0.25, 0.3) is 12.2 Å². The van der Waals surface area contributed by atoms with Gasteiger partial charge >= 0.3 is 0 Å². The predicted molar refractivity (Wildman–Crippen MR) is 251 cm³/mol. The maximum absolute atomic E-state index is 12.1. The van der Waals surface area contributed by atoms with E-state index < -0.39 is 35.9 Å². The first-order chi connectivity index (χ1) is 32.8. The third kappa shape index (κ3) is 7.10. The van der Waals surface area contributed by atoms with E-state index in [1.54, 1.807) is 97.1 Å². The molecule has 68 heavy (non-hydrogen) atoms. The predicted octanol–water partition coefficient (Wildman–Crippen LogP) is 10.7. The minimum Gasteiger partial charge on any atom is -0.508 e. The van der Waals surface area contributed by atoms with Crippen molar-refractivity contribution in [2.24, 2.45) is 0 Å². The topological polar surface area (TPSA) is 221 Å². The Morgan fingerprint density at radius 2 is 0.809 bits per heavy atom. The third-order valence-corrected chi connectivity index (χ3v) is 13.4. The van der Waals surface area contributed by atoms with Crippen molar-refractivity contribution < 1.29 is 60.5 Å². The first kappa shape index (κ1) is 41.8. The number of phenols is 10. The Labute approximate surface area is 388 Å². The van der Waals surface area contributed by atoms with Crippen molar-refractivity contribution in [1.29, 1.82) is 0 Å². The molecular weight excluding hydrogens is 865 g/mol. The summed E-state index contributed by atoms with van der Waals surface area (Å²) in [5.41, 5.74) is 6.91. The van der Waals surface area contributed by atoms with Gasteiger partial charge in [0.05, 0.1) is 11.8 Å². The summed E-state index contributed by atoms with van der Waals surface area (Å²) in [4.78, 5) is 0. The minimum absolute atomic E-state index is 0.00509. The van der Waals surface area contributed by atoms with Crippen molar-refractivity contribution in [3.05, 3.63) is 212 Å². The van der Waals surface area contributed by atoms with Gasteiger partial charge in [-0.25, -0.2) is 0 Å². The monoisotopic (exact) mass is 906 g/mol. The standard InChI is InChI=1S/C56H42O12/c57-33-10-4-28(5-11-33)49-51(42-23-40(64)26-47-53(42)54(43-22-39(63)24-45(66)52(43)49)56(68-47)30-8-14-35(59)15-9-30)41-17-27(2-16-44(41)65)1-3-31-18-38(62)25-46-48(31)50(32-19-36(60)21-37(61)20-32)55(67-46)29-6-12-34(58)13-7-29/h1-26,49-51,54-66H/t49-,50-,51-,54-,55+,56+/m0/s1. The van der Waals surface area contributed by atoms with Gasteiger partial charge in [0, 0.05) is 58.4 Å². The van der Waals surface area contributed by atoms with Gasteiger partial charge in [0.25, 0.3) is 0 Å². The Morgan fingerprint density at radius 1 is 0.309 bits per heavy atom. The zero-order valence-corrected chi connectivity index (χ0v) is 35.8. The minimum atomic E-state index is -0.859. The Bertz CT molecular complexity index is 3310. The van der Waals surface area contributed by atoms with E-state index in [9.17, 15) is 51.1 Å². The molecule has 2 aliphatic heterocycles. The van der Waals surface area contributed by atoms with E-state index in [1.165, 1.54) is 60.7 Å². The smallest absolute Gasteiger partial charge is 0.135 e. The second-order valence-corrected chi connectivity index (χ2v) is 17.6. The lowest BCUT2D eigenvalue weighted by atomic mass is 9.72. The van der Waals surface area contributed by atoms with Crippen LogP contribution in [-0.4, -0.2) is 51.1 Å². The van der Waals surface area contributed by atoms with Crippen LogP contribution in [0.3, 0.4) is 0 Å². The maximum Gasteiger partial charge on any atom is 0.135 e. The molecule has 1 aliphatic carbocycles. The van der Waals surface area contributed by atoms with Crippen LogP contribution in [0.2, 0.25) is 0 Å². The number of aromatic hydroxyl groups is 10. The number of hydrogen-bond donors (Lipinski definition) is 10. The lowest BCUT2D eigenvalue weighted by Gasteiger charge is -2.31. The van der Waals surface area contributed by atoms with Crippen molar-refractivity contribution >= 4 is 12.2 Å². The highest BCUT2D eigenvalue weighted by Crippen LogP contribution is 2.63. The first-order valence-corrected chi connectivity index (χ1v) is 21.8. The molecule has 8 aromatic carbocycles. The molecule has 338 valence electrons. The molecular formula is C56H42O12. The quantitative estimate of drug-likeness (QED) is 0.0675. The summed E-state index contributed by atoms with van der Waals surface area (Å²) in [6.07, 6.45) is 2.15. The molecule has 2 heterocycles. The van der Waals surface area contributed by atoms with E-state index in [0.29, 0.717) is 78.3 Å². The van der Waals surface area contributed by atoms with Gasteiger partial charge in [-0.05, 0) is 123 Å². The summed E-state index contributed by atoms with van der Waals surface area (Å²) >= 11 is 0. The van der Waals surface area contributed by atoms with Crippen molar-refractivity contribution in [3.63, 3.8) is 0 Å². The van der Waals surface area contributed by atoms with Gasteiger partial charge in [-0.1, -0.05) is 54.6 Å². The van der Waals surface area contributed by atoms with Crippen molar-refractivity contribution in [2.75, 3.05) is 0 Å². The SMILES string of the molecule is Oc1ccc([C@@H]2c3c(O)cc(O)cc3[C@H]3c4c(cc(O)cc4[C@@H]2c2cc(C=Cc4cc(O)cc5c4[C@H](c4cc(O)cc(O)c4)[C@@H](c4ccc(O)cc4)O5)ccc2O)O[C@@H]3c2ccc(O)cc2)cc1. The van der Waals surface area contributed by atoms with Gasteiger partial charge < -0.3 is 60.5 Å². The molecule has 10 N–H and O–H groups in total. The molecule has 0 unspecified atom stereocenters. The highest BCUT2D eigenvalue weighted by Gasteiger charge is 2.48.